The lowest BCUT2D eigenvalue weighted by atomic mass is 10.1. The number of rotatable bonds is 5. The molecule has 1 aromatic carbocycles. The molecule has 0 aliphatic carbocycles. The van der Waals surface area contributed by atoms with E-state index in [-0.39, 0.29) is 6.10 Å². The molecule has 1 aliphatic heterocycles. The van der Waals surface area contributed by atoms with Gasteiger partial charge < -0.3 is 14.9 Å². The van der Waals surface area contributed by atoms with Gasteiger partial charge in [0, 0.05) is 25.8 Å². The van der Waals surface area contributed by atoms with Crippen molar-refractivity contribution in [1.29, 1.82) is 0 Å². The summed E-state index contributed by atoms with van der Waals surface area (Å²) < 4.78 is 0. The van der Waals surface area contributed by atoms with E-state index in [9.17, 15) is 5.11 Å². The molecule has 1 fully saturated rings. The minimum atomic E-state index is -0.381. The maximum Gasteiger partial charge on any atom is 0.0761 e. The lowest BCUT2D eigenvalue weighted by molar-refractivity contribution is 0.199. The van der Waals surface area contributed by atoms with Gasteiger partial charge in [0.05, 0.1) is 6.10 Å². The highest BCUT2D eigenvalue weighted by Gasteiger charge is 2.12. The van der Waals surface area contributed by atoms with Crippen molar-refractivity contribution >= 4 is 5.69 Å². The van der Waals surface area contributed by atoms with Crippen molar-refractivity contribution in [3.63, 3.8) is 0 Å². The third-order valence-electron chi connectivity index (χ3n) is 3.77. The van der Waals surface area contributed by atoms with Crippen molar-refractivity contribution in [1.82, 2.24) is 4.90 Å². The molecule has 0 saturated carbocycles. The summed E-state index contributed by atoms with van der Waals surface area (Å²) in [6.45, 7) is 6.53. The molecule has 3 heteroatoms. The van der Waals surface area contributed by atoms with Crippen molar-refractivity contribution in [3.8, 4) is 0 Å². The molecule has 1 saturated heterocycles. The zero-order chi connectivity index (χ0) is 13.0. The van der Waals surface area contributed by atoms with Crippen LogP contribution < -0.4 is 4.90 Å². The summed E-state index contributed by atoms with van der Waals surface area (Å²) in [6.07, 6.45) is 2.33. The van der Waals surface area contributed by atoms with E-state index in [1.807, 2.05) is 12.1 Å². The first-order chi connectivity index (χ1) is 8.66. The molecule has 0 radical (unpaired) electrons. The topological polar surface area (TPSA) is 26.7 Å². The first-order valence-electron chi connectivity index (χ1n) is 6.88. The molecule has 1 aromatic rings. The number of anilines is 1. The Morgan fingerprint density at radius 1 is 1.22 bits per heavy atom. The third-order valence-corrected chi connectivity index (χ3v) is 3.77. The van der Waals surface area contributed by atoms with Crippen LogP contribution in [0.25, 0.3) is 0 Å². The van der Waals surface area contributed by atoms with Gasteiger partial charge in [0.25, 0.3) is 0 Å². The molecule has 3 nitrogen and oxygen atoms in total. The van der Waals surface area contributed by atoms with Crippen LogP contribution in [0, 0.1) is 0 Å². The molecule has 0 unspecified atom stereocenters. The summed E-state index contributed by atoms with van der Waals surface area (Å²) >= 11 is 0. The molecular formula is C15H24N2O. The SMILES string of the molecule is C[C@@H](O)c1ccc(N(C)CCN2CCCC2)cc1. The molecule has 2 rings (SSSR count). The molecule has 0 spiro atoms. The Morgan fingerprint density at radius 3 is 2.39 bits per heavy atom. The van der Waals surface area contributed by atoms with Crippen LogP contribution in [0.2, 0.25) is 0 Å². The predicted octanol–water partition coefficient (Wildman–Crippen LogP) is 2.27. The van der Waals surface area contributed by atoms with Gasteiger partial charge in [0.15, 0.2) is 0 Å². The number of hydrogen-bond donors (Lipinski definition) is 1. The van der Waals surface area contributed by atoms with Crippen LogP contribution in [0.4, 0.5) is 5.69 Å². The van der Waals surface area contributed by atoms with Crippen LogP contribution in [-0.2, 0) is 0 Å². The predicted molar refractivity (Wildman–Crippen MR) is 76.0 cm³/mol. The van der Waals surface area contributed by atoms with Gasteiger partial charge in [0.2, 0.25) is 0 Å². The summed E-state index contributed by atoms with van der Waals surface area (Å²) in [7, 11) is 2.13. The van der Waals surface area contributed by atoms with Crippen molar-refractivity contribution in [3.05, 3.63) is 29.8 Å². The Hall–Kier alpha value is -1.06. The Bertz CT molecular complexity index is 355. The quantitative estimate of drug-likeness (QED) is 0.866. The van der Waals surface area contributed by atoms with E-state index in [0.29, 0.717) is 0 Å². The molecule has 100 valence electrons. The van der Waals surface area contributed by atoms with Gasteiger partial charge in [-0.15, -0.1) is 0 Å². The van der Waals surface area contributed by atoms with Crippen molar-refractivity contribution in [2.75, 3.05) is 38.1 Å². The van der Waals surface area contributed by atoms with E-state index in [1.54, 1.807) is 6.92 Å². The third kappa shape index (κ3) is 3.47. The Balaban J connectivity index is 1.85. The number of aliphatic hydroxyl groups excluding tert-OH is 1. The zero-order valence-electron chi connectivity index (χ0n) is 11.5. The largest absolute Gasteiger partial charge is 0.389 e. The fourth-order valence-corrected chi connectivity index (χ4v) is 2.43. The van der Waals surface area contributed by atoms with Crippen molar-refractivity contribution < 1.29 is 5.11 Å². The van der Waals surface area contributed by atoms with E-state index in [0.717, 1.165) is 18.7 Å². The van der Waals surface area contributed by atoms with Gasteiger partial charge >= 0.3 is 0 Å². The fraction of sp³-hybridized carbons (Fsp3) is 0.600. The van der Waals surface area contributed by atoms with E-state index in [1.165, 1.54) is 31.6 Å². The number of likely N-dealkylation sites (N-methyl/N-ethyl adjacent to an activating group) is 1. The standard InChI is InChI=1S/C15H24N2O/c1-13(18)14-5-7-15(8-6-14)16(2)11-12-17-9-3-4-10-17/h5-8,13,18H,3-4,9-12H2,1-2H3/t13-/m1/s1. The van der Waals surface area contributed by atoms with Gasteiger partial charge in [-0.05, 0) is 50.6 Å². The van der Waals surface area contributed by atoms with Crippen LogP contribution >= 0.6 is 0 Å². The minimum absolute atomic E-state index is 0.381. The van der Waals surface area contributed by atoms with Crippen LogP contribution in [0.5, 0.6) is 0 Å². The number of aliphatic hydroxyl groups is 1. The fourth-order valence-electron chi connectivity index (χ4n) is 2.43. The van der Waals surface area contributed by atoms with Gasteiger partial charge in [-0.25, -0.2) is 0 Å². The number of hydrogen-bond acceptors (Lipinski definition) is 3. The first kappa shape index (κ1) is 13.4. The molecular weight excluding hydrogens is 224 g/mol. The summed E-state index contributed by atoms with van der Waals surface area (Å²) in [4.78, 5) is 4.81. The van der Waals surface area contributed by atoms with Gasteiger partial charge in [-0.1, -0.05) is 12.1 Å². The van der Waals surface area contributed by atoms with E-state index >= 15 is 0 Å². The second-order valence-electron chi connectivity index (χ2n) is 5.24. The molecule has 1 aliphatic rings. The second-order valence-corrected chi connectivity index (χ2v) is 5.24. The van der Waals surface area contributed by atoms with Gasteiger partial charge in [-0.3, -0.25) is 0 Å². The second kappa shape index (κ2) is 6.21. The number of benzene rings is 1. The summed E-state index contributed by atoms with van der Waals surface area (Å²) in [5.74, 6) is 0. The number of nitrogens with zero attached hydrogens (tertiary/aromatic N) is 2. The highest BCUT2D eigenvalue weighted by atomic mass is 16.3. The number of likely N-dealkylation sites (tertiary alicyclic amines) is 1. The normalized spacial score (nSPS) is 17.9. The first-order valence-corrected chi connectivity index (χ1v) is 6.88. The lowest BCUT2D eigenvalue weighted by Crippen LogP contribution is -2.31. The zero-order valence-corrected chi connectivity index (χ0v) is 11.5. The highest BCUT2D eigenvalue weighted by molar-refractivity contribution is 5.47. The lowest BCUT2D eigenvalue weighted by Gasteiger charge is -2.23. The Morgan fingerprint density at radius 2 is 1.83 bits per heavy atom. The van der Waals surface area contributed by atoms with E-state index in [4.69, 9.17) is 0 Å². The molecule has 18 heavy (non-hydrogen) atoms. The molecule has 1 heterocycles. The molecule has 1 atom stereocenters. The summed E-state index contributed by atoms with van der Waals surface area (Å²) in [5, 5.41) is 9.48. The molecule has 1 N–H and O–H groups in total. The molecule has 0 aromatic heterocycles. The molecule has 0 amide bonds. The Labute approximate surface area is 110 Å². The highest BCUT2D eigenvalue weighted by Crippen LogP contribution is 2.18. The van der Waals surface area contributed by atoms with Crippen LogP contribution in [-0.4, -0.2) is 43.2 Å². The summed E-state index contributed by atoms with van der Waals surface area (Å²) in [6, 6.07) is 8.19. The van der Waals surface area contributed by atoms with E-state index in [2.05, 4.69) is 29.0 Å². The average Bonchev–Trinajstić information content (AvgIpc) is 2.89. The maximum absolute atomic E-state index is 9.48. The van der Waals surface area contributed by atoms with Crippen LogP contribution in [0.1, 0.15) is 31.4 Å². The van der Waals surface area contributed by atoms with Crippen LogP contribution in [0.3, 0.4) is 0 Å². The summed E-state index contributed by atoms with van der Waals surface area (Å²) in [5.41, 5.74) is 2.20. The maximum atomic E-state index is 9.48. The van der Waals surface area contributed by atoms with Gasteiger partial charge in [-0.2, -0.15) is 0 Å². The van der Waals surface area contributed by atoms with Gasteiger partial charge in [0.1, 0.15) is 0 Å². The average molecular weight is 248 g/mol. The van der Waals surface area contributed by atoms with Crippen molar-refractivity contribution in [2.45, 2.75) is 25.9 Å². The Kier molecular flexibility index (Phi) is 4.61. The molecule has 0 bridgehead atoms. The van der Waals surface area contributed by atoms with Crippen LogP contribution in [0.15, 0.2) is 24.3 Å². The van der Waals surface area contributed by atoms with Crippen molar-refractivity contribution in [2.24, 2.45) is 0 Å². The monoisotopic (exact) mass is 248 g/mol. The smallest absolute Gasteiger partial charge is 0.0761 e. The minimum Gasteiger partial charge on any atom is -0.389 e. The van der Waals surface area contributed by atoms with E-state index < -0.39 is 0 Å².